The van der Waals surface area contributed by atoms with Crippen LogP contribution < -0.4 is 10.9 Å². The molecule has 0 saturated heterocycles. The summed E-state index contributed by atoms with van der Waals surface area (Å²) in [6.07, 6.45) is 0. The van der Waals surface area contributed by atoms with Crippen LogP contribution in [0, 0.1) is 0 Å². The maximum Gasteiger partial charge on any atom is 0.329 e. The highest BCUT2D eigenvalue weighted by atomic mass is 16.5. The number of anilines is 1. The lowest BCUT2D eigenvalue weighted by Gasteiger charge is -2.02. The summed E-state index contributed by atoms with van der Waals surface area (Å²) in [4.78, 5) is 31.8. The van der Waals surface area contributed by atoms with Gasteiger partial charge >= 0.3 is 5.97 Å². The summed E-state index contributed by atoms with van der Waals surface area (Å²) in [6.45, 7) is -0.945. The second kappa shape index (κ2) is 5.61. The fourth-order valence-electron chi connectivity index (χ4n) is 0.824. The Morgan fingerprint density at radius 2 is 2.19 bits per heavy atom. The normalized spacial score (nSPS) is 9.75. The Labute approximate surface area is 89.2 Å². The van der Waals surface area contributed by atoms with Crippen LogP contribution in [-0.4, -0.2) is 40.4 Å². The van der Waals surface area contributed by atoms with Gasteiger partial charge in [-0.1, -0.05) is 0 Å². The third-order valence-corrected chi connectivity index (χ3v) is 1.41. The number of hydrogen-bond donors (Lipinski definition) is 3. The summed E-state index contributed by atoms with van der Waals surface area (Å²) < 4.78 is 4.54. The lowest BCUT2D eigenvalue weighted by Crippen LogP contribution is -2.22. The van der Waals surface area contributed by atoms with Crippen LogP contribution in [0.2, 0.25) is 0 Å². The van der Waals surface area contributed by atoms with E-state index in [0.717, 1.165) is 0 Å². The molecule has 8 heteroatoms. The number of aromatic nitrogens is 2. The molecule has 0 aliphatic carbocycles. The van der Waals surface area contributed by atoms with Crippen molar-refractivity contribution in [2.75, 3.05) is 18.5 Å². The van der Waals surface area contributed by atoms with Crippen LogP contribution >= 0.6 is 0 Å². The molecule has 3 N–H and O–H groups in total. The topological polar surface area (TPSA) is 121 Å². The Bertz CT molecular complexity index is 421. The first-order chi connectivity index (χ1) is 7.58. The smallest absolute Gasteiger partial charge is 0.329 e. The average molecular weight is 227 g/mol. The predicted molar refractivity (Wildman–Crippen MR) is 51.9 cm³/mol. The van der Waals surface area contributed by atoms with Crippen LogP contribution in [0.5, 0.6) is 0 Å². The molecule has 16 heavy (non-hydrogen) atoms. The van der Waals surface area contributed by atoms with Gasteiger partial charge in [0.15, 0.2) is 5.82 Å². The number of rotatable bonds is 5. The number of amides is 1. The zero-order valence-corrected chi connectivity index (χ0v) is 8.10. The van der Waals surface area contributed by atoms with E-state index in [4.69, 9.17) is 5.11 Å². The molecule has 8 nitrogen and oxygen atoms in total. The second-order valence-electron chi connectivity index (χ2n) is 2.74. The Morgan fingerprint density at radius 1 is 1.44 bits per heavy atom. The van der Waals surface area contributed by atoms with E-state index in [1.54, 1.807) is 0 Å². The first-order valence-electron chi connectivity index (χ1n) is 4.23. The Hall–Kier alpha value is -2.22. The van der Waals surface area contributed by atoms with Gasteiger partial charge in [0.2, 0.25) is 0 Å². The molecular formula is C8H9N3O5. The van der Waals surface area contributed by atoms with Crippen molar-refractivity contribution in [1.82, 2.24) is 10.2 Å². The summed E-state index contributed by atoms with van der Waals surface area (Å²) in [6, 6.07) is 2.51. The van der Waals surface area contributed by atoms with Gasteiger partial charge in [0.1, 0.15) is 13.2 Å². The van der Waals surface area contributed by atoms with Gasteiger partial charge in [0.05, 0.1) is 0 Å². The molecule has 1 heterocycles. The molecular weight excluding hydrogens is 218 g/mol. The van der Waals surface area contributed by atoms with Gasteiger partial charge in [-0.05, 0) is 6.07 Å². The fourth-order valence-corrected chi connectivity index (χ4v) is 0.824. The van der Waals surface area contributed by atoms with Crippen LogP contribution in [0.1, 0.15) is 0 Å². The van der Waals surface area contributed by atoms with Crippen LogP contribution in [0.4, 0.5) is 5.82 Å². The number of aromatic amines is 1. The molecule has 0 aliphatic rings. The number of carbonyl (C=O) groups excluding carboxylic acids is 1. The van der Waals surface area contributed by atoms with Crippen LogP contribution in [0.3, 0.4) is 0 Å². The molecule has 1 aromatic heterocycles. The standard InChI is InChI=1S/C8H9N3O5/c12-6-2-1-5(10-11-6)9-7(13)3-16-4-8(14)15/h1-2H,3-4H2,(H,11,12)(H,14,15)(H,9,10,13). The molecule has 0 aromatic carbocycles. The van der Waals surface area contributed by atoms with Crippen molar-refractivity contribution < 1.29 is 19.4 Å². The second-order valence-corrected chi connectivity index (χ2v) is 2.74. The van der Waals surface area contributed by atoms with Crippen LogP contribution in [0.25, 0.3) is 0 Å². The molecule has 0 spiro atoms. The van der Waals surface area contributed by atoms with Crippen LogP contribution in [0.15, 0.2) is 16.9 Å². The zero-order valence-electron chi connectivity index (χ0n) is 8.10. The lowest BCUT2D eigenvalue weighted by atomic mass is 10.5. The van der Waals surface area contributed by atoms with E-state index in [0.29, 0.717) is 0 Å². The van der Waals surface area contributed by atoms with Gasteiger partial charge in [-0.2, -0.15) is 5.10 Å². The summed E-state index contributed by atoms with van der Waals surface area (Å²) in [7, 11) is 0. The zero-order chi connectivity index (χ0) is 12.0. The molecule has 0 fully saturated rings. The molecule has 1 rings (SSSR count). The van der Waals surface area contributed by atoms with E-state index < -0.39 is 25.1 Å². The van der Waals surface area contributed by atoms with E-state index in [1.807, 2.05) is 0 Å². The van der Waals surface area contributed by atoms with Crippen molar-refractivity contribution in [3.05, 3.63) is 22.5 Å². The quantitative estimate of drug-likeness (QED) is 0.581. The first kappa shape index (κ1) is 11.9. The minimum atomic E-state index is -1.16. The van der Waals surface area contributed by atoms with Gasteiger partial charge in [-0.15, -0.1) is 0 Å². The minimum Gasteiger partial charge on any atom is -0.480 e. The number of carboxylic acids is 1. The Balaban J connectivity index is 2.37. The van der Waals surface area contributed by atoms with E-state index in [2.05, 4.69) is 20.3 Å². The number of nitrogens with one attached hydrogen (secondary N) is 2. The lowest BCUT2D eigenvalue weighted by molar-refractivity contribution is -0.143. The number of carboxylic acid groups (broad SMARTS) is 1. The third kappa shape index (κ3) is 4.33. The van der Waals surface area contributed by atoms with E-state index in [-0.39, 0.29) is 11.4 Å². The maximum absolute atomic E-state index is 11.1. The summed E-state index contributed by atoms with van der Waals surface area (Å²) >= 11 is 0. The summed E-state index contributed by atoms with van der Waals surface area (Å²) in [5.41, 5.74) is -0.389. The highest BCUT2D eigenvalue weighted by Crippen LogP contribution is 1.95. The monoisotopic (exact) mass is 227 g/mol. The largest absolute Gasteiger partial charge is 0.480 e. The maximum atomic E-state index is 11.1. The summed E-state index contributed by atoms with van der Waals surface area (Å²) in [5, 5.41) is 16.2. The molecule has 0 unspecified atom stereocenters. The Morgan fingerprint density at radius 3 is 2.75 bits per heavy atom. The van der Waals surface area contributed by atoms with Crippen LogP contribution in [-0.2, 0) is 14.3 Å². The van der Waals surface area contributed by atoms with Gasteiger partial charge < -0.3 is 15.2 Å². The third-order valence-electron chi connectivity index (χ3n) is 1.41. The number of carbonyl (C=O) groups is 2. The van der Waals surface area contributed by atoms with Crippen molar-refractivity contribution in [3.8, 4) is 0 Å². The van der Waals surface area contributed by atoms with E-state index >= 15 is 0 Å². The highest BCUT2D eigenvalue weighted by molar-refractivity contribution is 5.90. The molecule has 1 aromatic rings. The van der Waals surface area contributed by atoms with Crippen molar-refractivity contribution in [2.24, 2.45) is 0 Å². The van der Waals surface area contributed by atoms with Crippen molar-refractivity contribution >= 4 is 17.7 Å². The molecule has 86 valence electrons. The molecule has 1 amide bonds. The predicted octanol–water partition coefficient (Wildman–Crippen LogP) is -1.19. The number of hydrogen-bond acceptors (Lipinski definition) is 5. The fraction of sp³-hybridized carbons (Fsp3) is 0.250. The molecule has 0 bridgehead atoms. The number of aliphatic carboxylic acids is 1. The van der Waals surface area contributed by atoms with E-state index in [1.165, 1.54) is 12.1 Å². The Kier molecular flexibility index (Phi) is 4.16. The number of nitrogens with zero attached hydrogens (tertiary/aromatic N) is 1. The van der Waals surface area contributed by atoms with Gasteiger partial charge in [-0.3, -0.25) is 9.59 Å². The SMILES string of the molecule is O=C(O)COCC(=O)Nc1ccc(=O)[nH]n1. The highest BCUT2D eigenvalue weighted by Gasteiger charge is 2.04. The molecule has 0 saturated carbocycles. The summed E-state index contributed by atoms with van der Waals surface area (Å²) in [5.74, 6) is -1.56. The molecule has 0 aliphatic heterocycles. The van der Waals surface area contributed by atoms with Gasteiger partial charge in [0, 0.05) is 6.07 Å². The van der Waals surface area contributed by atoms with Crippen molar-refractivity contribution in [3.63, 3.8) is 0 Å². The molecule has 0 radical (unpaired) electrons. The van der Waals surface area contributed by atoms with Crippen molar-refractivity contribution in [2.45, 2.75) is 0 Å². The first-order valence-corrected chi connectivity index (χ1v) is 4.23. The van der Waals surface area contributed by atoms with E-state index in [9.17, 15) is 14.4 Å². The number of ether oxygens (including phenoxy) is 1. The minimum absolute atomic E-state index is 0.156. The average Bonchev–Trinajstić information content (AvgIpc) is 2.21. The van der Waals surface area contributed by atoms with Gasteiger partial charge in [-0.25, -0.2) is 9.89 Å². The van der Waals surface area contributed by atoms with Gasteiger partial charge in [0.25, 0.3) is 11.5 Å². The van der Waals surface area contributed by atoms with Crippen molar-refractivity contribution in [1.29, 1.82) is 0 Å². The number of H-pyrrole nitrogens is 1. The molecule has 0 atom stereocenters.